The van der Waals surface area contributed by atoms with E-state index in [1.165, 1.54) is 77.9 Å². The van der Waals surface area contributed by atoms with E-state index in [1.54, 1.807) is 6.08 Å². The van der Waals surface area contributed by atoms with Gasteiger partial charge in [0, 0.05) is 9.58 Å². The van der Waals surface area contributed by atoms with E-state index in [4.69, 9.17) is 0 Å². The molecule has 0 N–H and O–H groups in total. The number of thiophene rings is 1. The van der Waals surface area contributed by atoms with Crippen molar-refractivity contribution in [1.29, 1.82) is 0 Å². The third-order valence-electron chi connectivity index (χ3n) is 8.76. The molecule has 0 saturated heterocycles. The zero-order valence-electron chi connectivity index (χ0n) is 36.4. The molecule has 57 heavy (non-hydrogen) atoms. The van der Waals surface area contributed by atoms with Crippen molar-refractivity contribution in [2.75, 3.05) is 0 Å². The molecule has 0 unspecified atom stereocenters. The third kappa shape index (κ3) is 18.5. The van der Waals surface area contributed by atoms with E-state index >= 15 is 0 Å². The highest BCUT2D eigenvalue weighted by Crippen LogP contribution is 2.33. The summed E-state index contributed by atoms with van der Waals surface area (Å²) >= 11 is 1.87. The van der Waals surface area contributed by atoms with Crippen LogP contribution in [0.3, 0.4) is 0 Å². The average Bonchev–Trinajstić information content (AvgIpc) is 3.68. The predicted molar refractivity (Wildman–Crippen MR) is 261 cm³/mol. The van der Waals surface area contributed by atoms with Crippen LogP contribution in [-0.4, -0.2) is 0 Å². The van der Waals surface area contributed by atoms with Gasteiger partial charge in [-0.25, -0.2) is 0 Å². The summed E-state index contributed by atoms with van der Waals surface area (Å²) in [5, 5.41) is 1.34. The van der Waals surface area contributed by atoms with Crippen molar-refractivity contribution >= 4 is 32.6 Å². The van der Waals surface area contributed by atoms with Crippen LogP contribution in [0.4, 0.5) is 0 Å². The maximum Gasteiger partial charge on any atom is 0.0355 e. The van der Waals surface area contributed by atoms with Crippen LogP contribution in [0.5, 0.6) is 0 Å². The number of fused-ring (bicyclic) bond motifs is 1. The van der Waals surface area contributed by atoms with Gasteiger partial charge in [-0.2, -0.15) is 0 Å². The molecule has 0 atom stereocenters. The molecule has 5 aromatic carbocycles. The van der Waals surface area contributed by atoms with Crippen molar-refractivity contribution in [3.8, 4) is 10.4 Å². The molecular formula is C56H68S. The molecule has 0 bridgehead atoms. The summed E-state index contributed by atoms with van der Waals surface area (Å²) in [7, 11) is 0. The summed E-state index contributed by atoms with van der Waals surface area (Å²) in [6.45, 7) is 22.5. The Bertz CT molecular complexity index is 2030. The van der Waals surface area contributed by atoms with Gasteiger partial charge in [0.1, 0.15) is 0 Å². The maximum absolute atomic E-state index is 3.57. The number of allylic oxidation sites excluding steroid dienone is 9. The van der Waals surface area contributed by atoms with Crippen molar-refractivity contribution < 1.29 is 0 Å². The van der Waals surface area contributed by atoms with E-state index in [0.29, 0.717) is 0 Å². The van der Waals surface area contributed by atoms with Crippen LogP contribution in [0, 0.1) is 13.8 Å². The number of benzene rings is 5. The Morgan fingerprint density at radius 1 is 0.667 bits per heavy atom. The fraction of sp³-hybridized carbons (Fsp3) is 0.250. The van der Waals surface area contributed by atoms with Gasteiger partial charge >= 0.3 is 0 Å². The first-order valence-corrected chi connectivity index (χ1v) is 21.7. The van der Waals surface area contributed by atoms with Crippen LogP contribution in [0.2, 0.25) is 0 Å². The summed E-state index contributed by atoms with van der Waals surface area (Å²) < 4.78 is 1.37. The van der Waals surface area contributed by atoms with Gasteiger partial charge in [0.05, 0.1) is 0 Å². The molecule has 0 saturated carbocycles. The molecule has 0 fully saturated rings. The average molecular weight is 773 g/mol. The number of rotatable bonds is 11. The molecule has 1 heteroatoms. The van der Waals surface area contributed by atoms with Gasteiger partial charge in [-0.3, -0.25) is 0 Å². The quantitative estimate of drug-likeness (QED) is 0.115. The Morgan fingerprint density at radius 2 is 1.26 bits per heavy atom. The minimum atomic E-state index is 1.05. The van der Waals surface area contributed by atoms with E-state index in [2.05, 4.69) is 175 Å². The minimum absolute atomic E-state index is 1.05. The smallest absolute Gasteiger partial charge is 0.0355 e. The standard InChI is InChI=1S/C22H26.C17H16S.C8H12.C7H8.C2H6/c1-4-9-21(19-11-7-6-8-12-19)17-22(10-5-2)20-15-13-18(3)14-16-20;1-2-5-13-8-10-14(11-9-13)17-12-15-6-3-4-7-16(15)18-17;1-4-6-8(3)7-5-2;1-7-5-3-2-4-6-7;1-2/h6-9,11-17H,4-5,10H2,1-3H3;3-4,6-12H,2,5H2,1H3;4-7H,1H2,2-3H3;2-6H,1H3;1-2H3/b21-9-,22-17+;;7-5-,8-6-;;. The van der Waals surface area contributed by atoms with Gasteiger partial charge in [-0.1, -0.05) is 235 Å². The highest BCUT2D eigenvalue weighted by Gasteiger charge is 2.05. The molecule has 0 aliphatic heterocycles. The Balaban J connectivity index is 0.000000284. The van der Waals surface area contributed by atoms with Gasteiger partial charge in [0.2, 0.25) is 0 Å². The third-order valence-corrected chi connectivity index (χ3v) is 9.92. The second-order valence-electron chi connectivity index (χ2n) is 13.6. The fourth-order valence-electron chi connectivity index (χ4n) is 5.92. The number of hydrogen-bond donors (Lipinski definition) is 0. The fourth-order valence-corrected chi connectivity index (χ4v) is 6.99. The van der Waals surface area contributed by atoms with Crippen molar-refractivity contribution in [1.82, 2.24) is 0 Å². The first-order chi connectivity index (χ1) is 27.8. The van der Waals surface area contributed by atoms with Gasteiger partial charge < -0.3 is 0 Å². The molecule has 1 heterocycles. The molecule has 0 amide bonds. The summed E-state index contributed by atoms with van der Waals surface area (Å²) in [6, 6.07) is 49.7. The molecule has 298 valence electrons. The molecule has 0 nitrogen and oxygen atoms in total. The number of aryl methyl sites for hydroxylation is 3. The molecular weight excluding hydrogens is 705 g/mol. The first-order valence-electron chi connectivity index (χ1n) is 20.9. The summed E-state index contributed by atoms with van der Waals surface area (Å²) in [6.07, 6.45) is 18.2. The normalized spacial score (nSPS) is 11.2. The Morgan fingerprint density at radius 3 is 1.79 bits per heavy atom. The maximum atomic E-state index is 3.57. The van der Waals surface area contributed by atoms with Crippen LogP contribution in [0.15, 0.2) is 188 Å². The summed E-state index contributed by atoms with van der Waals surface area (Å²) in [5.74, 6) is 0. The largest absolute Gasteiger partial charge is 0.135 e. The van der Waals surface area contributed by atoms with Gasteiger partial charge in [0.25, 0.3) is 0 Å². The predicted octanol–water partition coefficient (Wildman–Crippen LogP) is 17.9. The molecule has 1 aromatic heterocycles. The number of hydrogen-bond acceptors (Lipinski definition) is 1. The lowest BCUT2D eigenvalue weighted by Crippen LogP contribution is -1.88. The molecule has 0 aliphatic rings. The van der Waals surface area contributed by atoms with Crippen LogP contribution >= 0.6 is 11.3 Å². The van der Waals surface area contributed by atoms with Crippen LogP contribution in [0.25, 0.3) is 31.7 Å². The highest BCUT2D eigenvalue weighted by atomic mass is 32.1. The summed E-state index contributed by atoms with van der Waals surface area (Å²) in [4.78, 5) is 1.36. The lowest BCUT2D eigenvalue weighted by atomic mass is 9.95. The second-order valence-corrected chi connectivity index (χ2v) is 14.7. The lowest BCUT2D eigenvalue weighted by molar-refractivity contribution is 0.922. The SMILES string of the molecule is C=C/C=C(C)\C=C/C.CC.CC/C=C(/C=C(\CCC)c1ccc(C)cc1)c1ccccc1.CCCc1ccc(-c2cc3ccccc3s2)cc1.Cc1ccccc1. The first kappa shape index (κ1) is 47.9. The Kier molecular flexibility index (Phi) is 24.4. The van der Waals surface area contributed by atoms with Crippen LogP contribution < -0.4 is 0 Å². The molecule has 6 aromatic rings. The highest BCUT2D eigenvalue weighted by molar-refractivity contribution is 7.22. The second kappa shape index (κ2) is 29.1. The van der Waals surface area contributed by atoms with Crippen molar-refractivity contribution in [3.63, 3.8) is 0 Å². The van der Waals surface area contributed by atoms with Gasteiger partial charge in [0.15, 0.2) is 0 Å². The molecule has 0 radical (unpaired) electrons. The zero-order chi connectivity index (χ0) is 41.7. The van der Waals surface area contributed by atoms with Crippen molar-refractivity contribution in [2.45, 2.75) is 94.4 Å². The molecule has 6 rings (SSSR count). The van der Waals surface area contributed by atoms with Gasteiger partial charge in [-0.05, 0) is 97.9 Å². The Hall–Kier alpha value is -5.24. The van der Waals surface area contributed by atoms with Crippen LogP contribution in [0.1, 0.15) is 102 Å². The van der Waals surface area contributed by atoms with E-state index in [0.717, 1.165) is 19.3 Å². The van der Waals surface area contributed by atoms with Crippen LogP contribution in [-0.2, 0) is 6.42 Å². The Labute approximate surface area is 351 Å². The van der Waals surface area contributed by atoms with E-state index in [9.17, 15) is 0 Å². The van der Waals surface area contributed by atoms with E-state index in [-0.39, 0.29) is 0 Å². The van der Waals surface area contributed by atoms with Gasteiger partial charge in [-0.15, -0.1) is 11.3 Å². The zero-order valence-corrected chi connectivity index (χ0v) is 37.2. The minimum Gasteiger partial charge on any atom is -0.135 e. The summed E-state index contributed by atoms with van der Waals surface area (Å²) in [5.41, 5.74) is 12.0. The monoisotopic (exact) mass is 773 g/mol. The van der Waals surface area contributed by atoms with E-state index in [1.807, 2.05) is 75.5 Å². The van der Waals surface area contributed by atoms with Crippen molar-refractivity contribution in [2.24, 2.45) is 0 Å². The topological polar surface area (TPSA) is 0 Å². The van der Waals surface area contributed by atoms with Crippen molar-refractivity contribution in [3.05, 3.63) is 216 Å². The lowest BCUT2D eigenvalue weighted by Gasteiger charge is -2.10. The molecule has 0 aliphatic carbocycles. The van der Waals surface area contributed by atoms with E-state index < -0.39 is 0 Å². The molecule has 0 spiro atoms.